The van der Waals surface area contributed by atoms with Gasteiger partial charge in [-0.2, -0.15) is 0 Å². The summed E-state index contributed by atoms with van der Waals surface area (Å²) in [6.45, 7) is 6.37. The van der Waals surface area contributed by atoms with Crippen molar-refractivity contribution in [1.82, 2.24) is 0 Å². The number of furan rings is 1. The van der Waals surface area contributed by atoms with E-state index < -0.39 is 0 Å². The van der Waals surface area contributed by atoms with Gasteiger partial charge in [-0.15, -0.1) is 0 Å². The molecule has 0 radical (unpaired) electrons. The van der Waals surface area contributed by atoms with Crippen molar-refractivity contribution in [2.75, 3.05) is 0 Å². The van der Waals surface area contributed by atoms with Gasteiger partial charge in [0.1, 0.15) is 17.1 Å². The van der Waals surface area contributed by atoms with Gasteiger partial charge in [0.25, 0.3) is 0 Å². The molecule has 0 spiro atoms. The van der Waals surface area contributed by atoms with Crippen LogP contribution in [0.15, 0.2) is 46.9 Å². The fourth-order valence-electron chi connectivity index (χ4n) is 3.69. The molecule has 0 saturated carbocycles. The molecule has 0 bridgehead atoms. The van der Waals surface area contributed by atoms with E-state index in [0.29, 0.717) is 11.3 Å². The molecule has 1 aromatic heterocycles. The van der Waals surface area contributed by atoms with Crippen molar-refractivity contribution in [2.24, 2.45) is 0 Å². The van der Waals surface area contributed by atoms with Gasteiger partial charge in [-0.3, -0.25) is 0 Å². The first-order chi connectivity index (χ1) is 12.4. The van der Waals surface area contributed by atoms with Crippen LogP contribution in [0, 0.1) is 0 Å². The van der Waals surface area contributed by atoms with Crippen molar-refractivity contribution in [3.05, 3.63) is 64.9 Å². The lowest BCUT2D eigenvalue weighted by Crippen LogP contribution is -2.16. The lowest BCUT2D eigenvalue weighted by Gasteiger charge is -2.22. The third kappa shape index (κ3) is 3.03. The Kier molecular flexibility index (Phi) is 4.10. The quantitative estimate of drug-likeness (QED) is 0.432. The fourth-order valence-corrected chi connectivity index (χ4v) is 3.69. The number of fused-ring (bicyclic) bond motifs is 3. The second kappa shape index (κ2) is 6.31. The first-order valence-electron chi connectivity index (χ1n) is 9.29. The van der Waals surface area contributed by atoms with E-state index in [9.17, 15) is 4.79 Å². The summed E-state index contributed by atoms with van der Waals surface area (Å²) in [5, 5.41) is 1.09. The SMILES string of the molecule is CC(C)(C)c1cc2oc3c(c2cc1OC(=O)c1ccccc1)CCCC3. The number of carbonyl (C=O) groups is 1. The molecule has 134 valence electrons. The molecule has 3 heteroatoms. The summed E-state index contributed by atoms with van der Waals surface area (Å²) in [5.41, 5.74) is 3.57. The number of carbonyl (C=O) groups excluding carboxylic acids is 1. The highest BCUT2D eigenvalue weighted by Crippen LogP contribution is 2.40. The summed E-state index contributed by atoms with van der Waals surface area (Å²) in [6.07, 6.45) is 4.38. The van der Waals surface area contributed by atoms with E-state index in [2.05, 4.69) is 26.8 Å². The summed E-state index contributed by atoms with van der Waals surface area (Å²) >= 11 is 0. The van der Waals surface area contributed by atoms with Gasteiger partial charge in [0, 0.05) is 22.9 Å². The number of esters is 1. The molecule has 1 aliphatic carbocycles. The topological polar surface area (TPSA) is 39.4 Å². The maximum Gasteiger partial charge on any atom is 0.343 e. The van der Waals surface area contributed by atoms with E-state index in [1.165, 1.54) is 18.4 Å². The largest absolute Gasteiger partial charge is 0.461 e. The average molecular weight is 348 g/mol. The Hall–Kier alpha value is -2.55. The van der Waals surface area contributed by atoms with E-state index >= 15 is 0 Å². The van der Waals surface area contributed by atoms with E-state index in [1.54, 1.807) is 12.1 Å². The number of benzene rings is 2. The molecule has 4 rings (SSSR count). The van der Waals surface area contributed by atoms with Gasteiger partial charge < -0.3 is 9.15 Å². The maximum absolute atomic E-state index is 12.6. The Labute approximate surface area is 154 Å². The molecular formula is C23H24O3. The predicted octanol–water partition coefficient (Wildman–Crippen LogP) is 5.83. The van der Waals surface area contributed by atoms with E-state index in [-0.39, 0.29) is 11.4 Å². The number of hydrogen-bond donors (Lipinski definition) is 0. The van der Waals surface area contributed by atoms with Crippen LogP contribution in [0.1, 0.15) is 60.9 Å². The minimum absolute atomic E-state index is 0.159. The van der Waals surface area contributed by atoms with Gasteiger partial charge >= 0.3 is 5.97 Å². The fraction of sp³-hybridized carbons (Fsp3) is 0.348. The predicted molar refractivity (Wildman–Crippen MR) is 103 cm³/mol. The van der Waals surface area contributed by atoms with Crippen LogP contribution in [-0.2, 0) is 18.3 Å². The third-order valence-corrected chi connectivity index (χ3v) is 5.08. The van der Waals surface area contributed by atoms with Crippen molar-refractivity contribution in [2.45, 2.75) is 51.9 Å². The molecule has 1 heterocycles. The zero-order valence-electron chi connectivity index (χ0n) is 15.6. The minimum Gasteiger partial charge on any atom is -0.461 e. The van der Waals surface area contributed by atoms with Gasteiger partial charge in [-0.25, -0.2) is 4.79 Å². The summed E-state index contributed by atoms with van der Waals surface area (Å²) in [5.74, 6) is 1.40. The monoisotopic (exact) mass is 348 g/mol. The minimum atomic E-state index is -0.326. The molecule has 3 aromatic rings. The summed E-state index contributed by atoms with van der Waals surface area (Å²) in [4.78, 5) is 12.6. The van der Waals surface area contributed by atoms with E-state index in [1.807, 2.05) is 24.3 Å². The average Bonchev–Trinajstić information content (AvgIpc) is 2.99. The summed E-state index contributed by atoms with van der Waals surface area (Å²) < 4.78 is 12.0. The van der Waals surface area contributed by atoms with Crippen LogP contribution in [0.3, 0.4) is 0 Å². The first-order valence-corrected chi connectivity index (χ1v) is 9.29. The van der Waals surface area contributed by atoms with Crippen LogP contribution < -0.4 is 4.74 Å². The Morgan fingerprint density at radius 3 is 2.50 bits per heavy atom. The second-order valence-electron chi connectivity index (χ2n) is 8.06. The zero-order valence-corrected chi connectivity index (χ0v) is 15.6. The Morgan fingerprint density at radius 1 is 1.04 bits per heavy atom. The molecule has 26 heavy (non-hydrogen) atoms. The molecule has 0 amide bonds. The molecule has 0 atom stereocenters. The molecule has 1 aliphatic rings. The van der Waals surface area contributed by atoms with Crippen molar-refractivity contribution in [3.8, 4) is 5.75 Å². The molecule has 0 unspecified atom stereocenters. The number of aryl methyl sites for hydroxylation is 2. The van der Waals surface area contributed by atoms with Crippen LogP contribution in [0.4, 0.5) is 0 Å². The van der Waals surface area contributed by atoms with Gasteiger partial charge in [0.15, 0.2) is 0 Å². The molecular weight excluding hydrogens is 324 g/mol. The van der Waals surface area contributed by atoms with Crippen LogP contribution in [0.2, 0.25) is 0 Å². The number of rotatable bonds is 2. The van der Waals surface area contributed by atoms with Crippen LogP contribution >= 0.6 is 0 Å². The van der Waals surface area contributed by atoms with Gasteiger partial charge in [0.05, 0.1) is 5.56 Å². The number of hydrogen-bond acceptors (Lipinski definition) is 3. The number of ether oxygens (including phenoxy) is 1. The van der Waals surface area contributed by atoms with Crippen molar-refractivity contribution in [3.63, 3.8) is 0 Å². The van der Waals surface area contributed by atoms with Crippen molar-refractivity contribution < 1.29 is 13.9 Å². The highest BCUT2D eigenvalue weighted by atomic mass is 16.5. The lowest BCUT2D eigenvalue weighted by atomic mass is 9.85. The van der Waals surface area contributed by atoms with Gasteiger partial charge in [0.2, 0.25) is 0 Å². The molecule has 0 fully saturated rings. The highest BCUT2D eigenvalue weighted by molar-refractivity contribution is 5.92. The lowest BCUT2D eigenvalue weighted by molar-refractivity contribution is 0.0732. The maximum atomic E-state index is 12.6. The highest BCUT2D eigenvalue weighted by Gasteiger charge is 2.26. The molecule has 0 aliphatic heterocycles. The molecule has 3 nitrogen and oxygen atoms in total. The van der Waals surface area contributed by atoms with Crippen molar-refractivity contribution in [1.29, 1.82) is 0 Å². The third-order valence-electron chi connectivity index (χ3n) is 5.08. The summed E-state index contributed by atoms with van der Waals surface area (Å²) in [6, 6.07) is 13.2. The first kappa shape index (κ1) is 16.9. The molecule has 2 aromatic carbocycles. The standard InChI is InChI=1S/C23H24O3/c1-23(2,3)18-14-20-17(16-11-7-8-12-19(16)25-20)13-21(18)26-22(24)15-9-5-4-6-10-15/h4-6,9-10,13-14H,7-8,11-12H2,1-3H3. The Balaban J connectivity index is 1.82. The molecule has 0 saturated heterocycles. The van der Waals surface area contributed by atoms with E-state index in [0.717, 1.165) is 35.1 Å². The van der Waals surface area contributed by atoms with Gasteiger partial charge in [-0.1, -0.05) is 39.0 Å². The van der Waals surface area contributed by atoms with Gasteiger partial charge in [-0.05, 0) is 48.9 Å². The summed E-state index contributed by atoms with van der Waals surface area (Å²) in [7, 11) is 0. The van der Waals surface area contributed by atoms with E-state index in [4.69, 9.17) is 9.15 Å². The second-order valence-corrected chi connectivity index (χ2v) is 8.06. The Bertz CT molecular complexity index is 959. The van der Waals surface area contributed by atoms with Crippen LogP contribution in [0.25, 0.3) is 11.0 Å². The van der Waals surface area contributed by atoms with Crippen LogP contribution in [0.5, 0.6) is 5.75 Å². The smallest absolute Gasteiger partial charge is 0.343 e. The van der Waals surface area contributed by atoms with Crippen LogP contribution in [-0.4, -0.2) is 5.97 Å². The zero-order chi connectivity index (χ0) is 18.3. The Morgan fingerprint density at radius 2 is 1.77 bits per heavy atom. The van der Waals surface area contributed by atoms with Crippen molar-refractivity contribution >= 4 is 16.9 Å². The molecule has 0 N–H and O–H groups in total. The normalized spacial score (nSPS) is 14.3.